The Morgan fingerprint density at radius 2 is 2.21 bits per heavy atom. The van der Waals surface area contributed by atoms with E-state index in [0.29, 0.717) is 6.54 Å². The molecule has 1 unspecified atom stereocenters. The van der Waals surface area contributed by atoms with Gasteiger partial charge < -0.3 is 15.4 Å². The molecule has 0 aromatic heterocycles. The molecule has 1 aliphatic rings. The van der Waals surface area contributed by atoms with E-state index < -0.39 is 5.54 Å². The van der Waals surface area contributed by atoms with Crippen LogP contribution in [0.3, 0.4) is 0 Å². The highest BCUT2D eigenvalue weighted by molar-refractivity contribution is 5.80. The lowest BCUT2D eigenvalue weighted by Crippen LogP contribution is -2.53. The second-order valence-corrected chi connectivity index (χ2v) is 4.55. The molecule has 0 amide bonds. The van der Waals surface area contributed by atoms with E-state index in [4.69, 9.17) is 5.73 Å². The van der Waals surface area contributed by atoms with E-state index in [9.17, 15) is 4.79 Å². The van der Waals surface area contributed by atoms with Crippen LogP contribution in [0.1, 0.15) is 19.8 Å². The van der Waals surface area contributed by atoms with Crippen LogP contribution in [-0.4, -0.2) is 43.7 Å². The van der Waals surface area contributed by atoms with E-state index in [2.05, 4.69) is 9.64 Å². The molecule has 0 heterocycles. The van der Waals surface area contributed by atoms with Crippen LogP contribution < -0.4 is 5.73 Å². The summed E-state index contributed by atoms with van der Waals surface area (Å²) < 4.78 is 4.65. The van der Waals surface area contributed by atoms with Crippen LogP contribution in [0.5, 0.6) is 0 Å². The number of esters is 1. The average Bonchev–Trinajstić information content (AvgIpc) is 2.85. The van der Waals surface area contributed by atoms with Crippen molar-refractivity contribution in [3.8, 4) is 0 Å². The first-order valence-corrected chi connectivity index (χ1v) is 5.01. The molecular weight excluding hydrogens is 180 g/mol. The topological polar surface area (TPSA) is 55.6 Å². The third-order valence-corrected chi connectivity index (χ3v) is 2.52. The molecule has 0 bridgehead atoms. The smallest absolute Gasteiger partial charge is 0.326 e. The summed E-state index contributed by atoms with van der Waals surface area (Å²) in [7, 11) is 3.36. The van der Waals surface area contributed by atoms with Crippen LogP contribution in [0, 0.1) is 5.92 Å². The number of nitrogens with two attached hydrogens (primary N) is 1. The summed E-state index contributed by atoms with van der Waals surface area (Å²) in [4.78, 5) is 13.4. The minimum absolute atomic E-state index is 0.347. The SMILES string of the molecule is COC(=O)C(C)(N)CN(C)CC1CC1. The van der Waals surface area contributed by atoms with E-state index in [-0.39, 0.29) is 5.97 Å². The molecular formula is C10H20N2O2. The van der Waals surface area contributed by atoms with Crippen molar-refractivity contribution in [3.63, 3.8) is 0 Å². The summed E-state index contributed by atoms with van der Waals surface area (Å²) in [5.41, 5.74) is 4.96. The molecule has 14 heavy (non-hydrogen) atoms. The van der Waals surface area contributed by atoms with Crippen molar-refractivity contribution < 1.29 is 9.53 Å². The summed E-state index contributed by atoms with van der Waals surface area (Å²) >= 11 is 0. The van der Waals surface area contributed by atoms with Crippen LogP contribution in [0.25, 0.3) is 0 Å². The highest BCUT2D eigenvalue weighted by Crippen LogP contribution is 2.29. The number of carbonyl (C=O) groups excluding carboxylic acids is 1. The second kappa shape index (κ2) is 4.28. The van der Waals surface area contributed by atoms with Gasteiger partial charge in [-0.05, 0) is 32.7 Å². The Balaban J connectivity index is 2.35. The van der Waals surface area contributed by atoms with Crippen molar-refractivity contribution in [2.75, 3.05) is 27.2 Å². The van der Waals surface area contributed by atoms with Crippen LogP contribution >= 0.6 is 0 Å². The van der Waals surface area contributed by atoms with Crippen molar-refractivity contribution in [1.29, 1.82) is 0 Å². The Morgan fingerprint density at radius 1 is 1.64 bits per heavy atom. The number of methoxy groups -OCH3 is 1. The average molecular weight is 200 g/mol. The van der Waals surface area contributed by atoms with Gasteiger partial charge in [0, 0.05) is 13.1 Å². The van der Waals surface area contributed by atoms with E-state index in [1.807, 2.05) is 7.05 Å². The number of nitrogens with zero attached hydrogens (tertiary/aromatic N) is 1. The first-order chi connectivity index (χ1) is 6.45. The summed E-state index contributed by atoms with van der Waals surface area (Å²) in [6.07, 6.45) is 2.62. The quantitative estimate of drug-likeness (QED) is 0.645. The summed E-state index contributed by atoms with van der Waals surface area (Å²) in [6.45, 7) is 3.29. The van der Waals surface area contributed by atoms with Crippen LogP contribution in [-0.2, 0) is 9.53 Å². The number of carbonyl (C=O) groups is 1. The predicted octanol–water partition coefficient (Wildman–Crippen LogP) is 0.219. The zero-order valence-electron chi connectivity index (χ0n) is 9.25. The molecule has 1 aliphatic carbocycles. The third kappa shape index (κ3) is 3.27. The van der Waals surface area contributed by atoms with E-state index in [1.165, 1.54) is 20.0 Å². The van der Waals surface area contributed by atoms with Crippen molar-refractivity contribution in [2.24, 2.45) is 11.7 Å². The molecule has 1 rings (SSSR count). The van der Waals surface area contributed by atoms with Crippen molar-refractivity contribution in [1.82, 2.24) is 4.90 Å². The van der Waals surface area contributed by atoms with Gasteiger partial charge in [0.2, 0.25) is 0 Å². The molecule has 0 radical (unpaired) electrons. The highest BCUT2D eigenvalue weighted by Gasteiger charge is 2.32. The number of rotatable bonds is 5. The molecule has 0 aliphatic heterocycles. The van der Waals surface area contributed by atoms with Crippen molar-refractivity contribution in [2.45, 2.75) is 25.3 Å². The fourth-order valence-corrected chi connectivity index (χ4v) is 1.66. The standard InChI is InChI=1S/C10H20N2O2/c1-10(11,9(13)14-3)7-12(2)6-8-4-5-8/h8H,4-7,11H2,1-3H3. The lowest BCUT2D eigenvalue weighted by atomic mass is 10.0. The van der Waals surface area contributed by atoms with Gasteiger partial charge in [-0.3, -0.25) is 4.79 Å². The highest BCUT2D eigenvalue weighted by atomic mass is 16.5. The molecule has 0 saturated heterocycles. The lowest BCUT2D eigenvalue weighted by Gasteiger charge is -2.27. The molecule has 0 aromatic rings. The Kier molecular flexibility index (Phi) is 3.50. The summed E-state index contributed by atoms with van der Waals surface area (Å²) in [5, 5.41) is 0. The van der Waals surface area contributed by atoms with Gasteiger partial charge in [0.25, 0.3) is 0 Å². The molecule has 1 saturated carbocycles. The van der Waals surface area contributed by atoms with Gasteiger partial charge >= 0.3 is 5.97 Å². The number of likely N-dealkylation sites (N-methyl/N-ethyl adjacent to an activating group) is 1. The summed E-state index contributed by atoms with van der Waals surface area (Å²) in [6, 6.07) is 0. The maximum Gasteiger partial charge on any atom is 0.326 e. The molecule has 1 fully saturated rings. The number of hydrogen-bond donors (Lipinski definition) is 1. The minimum Gasteiger partial charge on any atom is -0.468 e. The fraction of sp³-hybridized carbons (Fsp3) is 0.900. The third-order valence-electron chi connectivity index (χ3n) is 2.52. The monoisotopic (exact) mass is 200 g/mol. The van der Waals surface area contributed by atoms with Gasteiger partial charge in [0.1, 0.15) is 5.54 Å². The van der Waals surface area contributed by atoms with Crippen LogP contribution in [0.2, 0.25) is 0 Å². The first kappa shape index (κ1) is 11.5. The molecule has 2 N–H and O–H groups in total. The van der Waals surface area contributed by atoms with Crippen LogP contribution in [0.15, 0.2) is 0 Å². The minimum atomic E-state index is -0.890. The molecule has 0 spiro atoms. The Hall–Kier alpha value is -0.610. The maximum absolute atomic E-state index is 11.3. The predicted molar refractivity (Wildman–Crippen MR) is 54.8 cm³/mol. The summed E-state index contributed by atoms with van der Waals surface area (Å²) in [5.74, 6) is 0.466. The molecule has 4 nitrogen and oxygen atoms in total. The molecule has 1 atom stereocenters. The molecule has 82 valence electrons. The Bertz CT molecular complexity index is 212. The molecule has 4 heteroatoms. The van der Waals surface area contributed by atoms with Crippen molar-refractivity contribution in [3.05, 3.63) is 0 Å². The number of hydrogen-bond acceptors (Lipinski definition) is 4. The lowest BCUT2D eigenvalue weighted by molar-refractivity contribution is -0.147. The van der Waals surface area contributed by atoms with Gasteiger partial charge in [-0.15, -0.1) is 0 Å². The van der Waals surface area contributed by atoms with E-state index >= 15 is 0 Å². The van der Waals surface area contributed by atoms with Gasteiger partial charge in [0.05, 0.1) is 7.11 Å². The first-order valence-electron chi connectivity index (χ1n) is 5.01. The van der Waals surface area contributed by atoms with Gasteiger partial charge in [0.15, 0.2) is 0 Å². The molecule has 0 aromatic carbocycles. The number of ether oxygens (including phenoxy) is 1. The van der Waals surface area contributed by atoms with Gasteiger partial charge in [-0.25, -0.2) is 0 Å². The Morgan fingerprint density at radius 3 is 2.64 bits per heavy atom. The van der Waals surface area contributed by atoms with Gasteiger partial charge in [-0.2, -0.15) is 0 Å². The maximum atomic E-state index is 11.3. The fourth-order valence-electron chi connectivity index (χ4n) is 1.66. The zero-order valence-corrected chi connectivity index (χ0v) is 9.25. The second-order valence-electron chi connectivity index (χ2n) is 4.55. The Labute approximate surface area is 85.4 Å². The van der Waals surface area contributed by atoms with Crippen LogP contribution in [0.4, 0.5) is 0 Å². The van der Waals surface area contributed by atoms with E-state index in [1.54, 1.807) is 6.92 Å². The van der Waals surface area contributed by atoms with Gasteiger partial charge in [-0.1, -0.05) is 0 Å². The normalized spacial score (nSPS) is 20.6. The largest absolute Gasteiger partial charge is 0.468 e. The zero-order chi connectivity index (χ0) is 10.8. The van der Waals surface area contributed by atoms with Crippen molar-refractivity contribution >= 4 is 5.97 Å². The van der Waals surface area contributed by atoms with E-state index in [0.717, 1.165) is 12.5 Å².